The zero-order valence-corrected chi connectivity index (χ0v) is 20.9. The molecule has 3 fully saturated rings. The first-order chi connectivity index (χ1) is 15.4. The van der Waals surface area contributed by atoms with Crippen LogP contribution >= 0.6 is 15.9 Å². The van der Waals surface area contributed by atoms with Gasteiger partial charge < -0.3 is 4.74 Å². The second kappa shape index (κ2) is 7.55. The number of aliphatic imine (C=N–C) groups is 1. The molecule has 7 atom stereocenters. The summed E-state index contributed by atoms with van der Waals surface area (Å²) in [5, 5.41) is 0. The van der Waals surface area contributed by atoms with E-state index in [1.165, 1.54) is 37.7 Å². The lowest BCUT2D eigenvalue weighted by atomic mass is 9.47. The molecule has 0 N–H and O–H groups in total. The van der Waals surface area contributed by atoms with Gasteiger partial charge >= 0.3 is 0 Å². The van der Waals surface area contributed by atoms with Gasteiger partial charge in [0.2, 0.25) is 5.90 Å². The van der Waals surface area contributed by atoms with Crippen LogP contribution in [0.2, 0.25) is 0 Å². The number of Topliss-reactive ketones (excluding diaryl/α,β-unsaturated/α-hetero) is 1. The molecule has 4 aliphatic carbocycles. The predicted octanol–water partition coefficient (Wildman–Crippen LogP) is 6.74. The topological polar surface area (TPSA) is 38.7 Å². The van der Waals surface area contributed by atoms with Crippen molar-refractivity contribution in [1.82, 2.24) is 0 Å². The van der Waals surface area contributed by atoms with Crippen LogP contribution < -0.4 is 0 Å². The Morgan fingerprint density at radius 2 is 1.81 bits per heavy atom. The molecule has 0 spiro atoms. The van der Waals surface area contributed by atoms with E-state index < -0.39 is 0 Å². The summed E-state index contributed by atoms with van der Waals surface area (Å²) in [6, 6.07) is 8.31. The maximum absolute atomic E-state index is 12.1. The number of carbonyl (C=O) groups is 1. The number of ether oxygens (including phenoxy) is 1. The number of halogens is 1. The lowest BCUT2D eigenvalue weighted by molar-refractivity contribution is -0.122. The summed E-state index contributed by atoms with van der Waals surface area (Å²) in [7, 11) is 0. The van der Waals surface area contributed by atoms with Gasteiger partial charge in [0.15, 0.2) is 0 Å². The molecular weight excluding hydrogens is 462 g/mol. The summed E-state index contributed by atoms with van der Waals surface area (Å²) in [5.41, 5.74) is 3.17. The summed E-state index contributed by atoms with van der Waals surface area (Å²) in [6.07, 6.45) is 11.7. The molecule has 5 aliphatic rings. The van der Waals surface area contributed by atoms with Gasteiger partial charge in [-0.3, -0.25) is 4.79 Å². The number of carbonyl (C=O) groups excluding carboxylic acids is 1. The van der Waals surface area contributed by atoms with E-state index >= 15 is 0 Å². The van der Waals surface area contributed by atoms with Crippen molar-refractivity contribution in [3.63, 3.8) is 0 Å². The summed E-state index contributed by atoms with van der Waals surface area (Å²) >= 11 is 3.52. The van der Waals surface area contributed by atoms with E-state index in [1.807, 2.05) is 0 Å². The number of hydrogen-bond acceptors (Lipinski definition) is 3. The molecule has 1 heterocycles. The van der Waals surface area contributed by atoms with E-state index in [0.29, 0.717) is 17.1 Å². The fraction of sp³-hybridized carbons (Fsp3) is 0.643. The molecule has 0 amide bonds. The number of hydrogen-bond donors (Lipinski definition) is 0. The maximum atomic E-state index is 12.1. The zero-order chi connectivity index (χ0) is 22.1. The fourth-order valence-electron chi connectivity index (χ4n) is 8.48. The third-order valence-electron chi connectivity index (χ3n) is 10.2. The highest BCUT2D eigenvalue weighted by Gasteiger charge is 2.60. The molecule has 0 unspecified atom stereocenters. The first kappa shape index (κ1) is 21.1. The minimum absolute atomic E-state index is 0.220. The quantitative estimate of drug-likeness (QED) is 0.425. The Bertz CT molecular complexity index is 997. The molecule has 0 radical (unpaired) electrons. The number of nitrogens with zero attached hydrogens (tertiary/aromatic N) is 1. The van der Waals surface area contributed by atoms with Crippen molar-refractivity contribution < 1.29 is 9.53 Å². The third-order valence-corrected chi connectivity index (χ3v) is 10.8. The molecule has 3 saturated carbocycles. The van der Waals surface area contributed by atoms with Crippen molar-refractivity contribution in [3.8, 4) is 0 Å². The maximum Gasteiger partial charge on any atom is 0.216 e. The Morgan fingerprint density at radius 1 is 1.03 bits per heavy atom. The van der Waals surface area contributed by atoms with Crippen LogP contribution in [-0.4, -0.2) is 24.3 Å². The molecule has 0 bridgehead atoms. The Balaban J connectivity index is 1.21. The Labute approximate surface area is 200 Å². The Kier molecular flexibility index (Phi) is 4.99. The molecule has 170 valence electrons. The number of rotatable bonds is 2. The van der Waals surface area contributed by atoms with Gasteiger partial charge in [-0.25, -0.2) is 4.99 Å². The zero-order valence-electron chi connectivity index (χ0n) is 19.3. The standard InChI is InChI=1S/C28H34BrNO2/c1-27-13-11-20(31)15-18(27)5-8-21-22-9-10-24(28(22,2)14-12-23(21)27)25-16-30-26(32-25)17-3-6-19(29)7-4-17/h3-7,21-25H,8-16H2,1-2H3/t21-,22-,23-,24+,25-,27-,28-/m0/s1. The third kappa shape index (κ3) is 3.11. The Hall–Kier alpha value is -1.42. The second-order valence-electron chi connectivity index (χ2n) is 11.5. The lowest BCUT2D eigenvalue weighted by Crippen LogP contribution is -2.51. The van der Waals surface area contributed by atoms with Gasteiger partial charge in [-0.05, 0) is 91.4 Å². The normalized spacial score (nSPS) is 43.0. The van der Waals surface area contributed by atoms with E-state index in [2.05, 4.69) is 60.1 Å². The van der Waals surface area contributed by atoms with E-state index in [-0.39, 0.29) is 11.5 Å². The van der Waals surface area contributed by atoms with Crippen molar-refractivity contribution in [3.05, 3.63) is 46.0 Å². The average molecular weight is 496 g/mol. The highest BCUT2D eigenvalue weighted by atomic mass is 79.9. The van der Waals surface area contributed by atoms with E-state index in [1.54, 1.807) is 0 Å². The smallest absolute Gasteiger partial charge is 0.216 e. The molecule has 1 aromatic rings. The van der Waals surface area contributed by atoms with Crippen LogP contribution in [0, 0.1) is 34.5 Å². The van der Waals surface area contributed by atoms with Gasteiger partial charge in [0.1, 0.15) is 11.9 Å². The summed E-state index contributed by atoms with van der Waals surface area (Å²) in [6.45, 7) is 5.85. The lowest BCUT2D eigenvalue weighted by Gasteiger charge is -2.57. The first-order valence-corrected chi connectivity index (χ1v) is 13.4. The molecule has 4 heteroatoms. The van der Waals surface area contributed by atoms with E-state index in [0.717, 1.165) is 59.5 Å². The van der Waals surface area contributed by atoms with Crippen molar-refractivity contribution >= 4 is 27.6 Å². The largest absolute Gasteiger partial charge is 0.472 e. The monoisotopic (exact) mass is 495 g/mol. The number of fused-ring (bicyclic) bond motifs is 5. The summed E-state index contributed by atoms with van der Waals surface area (Å²) in [4.78, 5) is 16.9. The predicted molar refractivity (Wildman–Crippen MR) is 131 cm³/mol. The number of ketones is 1. The van der Waals surface area contributed by atoms with Crippen molar-refractivity contribution in [2.45, 2.75) is 71.3 Å². The van der Waals surface area contributed by atoms with Gasteiger partial charge in [0, 0.05) is 28.8 Å². The van der Waals surface area contributed by atoms with Gasteiger partial charge in [0.05, 0.1) is 6.54 Å². The molecule has 32 heavy (non-hydrogen) atoms. The van der Waals surface area contributed by atoms with Crippen molar-refractivity contribution in [1.29, 1.82) is 0 Å². The molecule has 0 aromatic heterocycles. The van der Waals surface area contributed by atoms with Crippen LogP contribution in [0.1, 0.15) is 70.8 Å². The van der Waals surface area contributed by atoms with Crippen LogP contribution in [0.15, 0.2) is 45.4 Å². The van der Waals surface area contributed by atoms with Gasteiger partial charge in [-0.1, -0.05) is 41.4 Å². The van der Waals surface area contributed by atoms with Gasteiger partial charge in [0.25, 0.3) is 0 Å². The minimum Gasteiger partial charge on any atom is -0.472 e. The van der Waals surface area contributed by atoms with Gasteiger partial charge in [-0.15, -0.1) is 0 Å². The molecule has 6 rings (SSSR count). The molecule has 3 nitrogen and oxygen atoms in total. The van der Waals surface area contributed by atoms with Crippen LogP contribution in [0.25, 0.3) is 0 Å². The van der Waals surface area contributed by atoms with Gasteiger partial charge in [-0.2, -0.15) is 0 Å². The highest BCUT2D eigenvalue weighted by Crippen LogP contribution is 2.66. The minimum atomic E-state index is 0.220. The van der Waals surface area contributed by atoms with E-state index in [4.69, 9.17) is 9.73 Å². The van der Waals surface area contributed by atoms with Crippen LogP contribution in [0.3, 0.4) is 0 Å². The van der Waals surface area contributed by atoms with Crippen molar-refractivity contribution in [2.24, 2.45) is 39.5 Å². The van der Waals surface area contributed by atoms with E-state index in [9.17, 15) is 4.79 Å². The molecule has 1 aromatic carbocycles. The fourth-order valence-corrected chi connectivity index (χ4v) is 8.74. The first-order valence-electron chi connectivity index (χ1n) is 12.6. The van der Waals surface area contributed by atoms with Crippen LogP contribution in [0.5, 0.6) is 0 Å². The SMILES string of the molecule is C[C@]12CC[C@H]3[C@@H](CC=C4CC(=O)CC[C@@]43C)[C@@H]1CC[C@@H]2[C@@H]1CN=C(c2ccc(Br)cc2)O1. The second-order valence-corrected chi connectivity index (χ2v) is 12.4. The number of allylic oxidation sites excluding steroid dienone is 2. The highest BCUT2D eigenvalue weighted by molar-refractivity contribution is 9.10. The average Bonchev–Trinajstić information content (AvgIpc) is 3.39. The molecule has 1 aliphatic heterocycles. The molecule has 0 saturated heterocycles. The summed E-state index contributed by atoms with van der Waals surface area (Å²) < 4.78 is 7.61. The number of benzene rings is 1. The van der Waals surface area contributed by atoms with Crippen LogP contribution in [0.4, 0.5) is 0 Å². The van der Waals surface area contributed by atoms with Crippen molar-refractivity contribution in [2.75, 3.05) is 6.54 Å². The Morgan fingerprint density at radius 3 is 2.62 bits per heavy atom. The molecular formula is C28H34BrNO2. The van der Waals surface area contributed by atoms with Crippen LogP contribution in [-0.2, 0) is 9.53 Å². The summed E-state index contributed by atoms with van der Waals surface area (Å²) in [5.74, 6) is 4.18.